The summed E-state index contributed by atoms with van der Waals surface area (Å²) in [6.45, 7) is 1.89. The first-order valence-electron chi connectivity index (χ1n) is 13.4. The standard InChI is InChI=1S/C29H25Cl2N3O5S/c1-13-9-15(27(35)36)10-21-24(13)32-29(40-21)34-16-7-8-17(34)12-18(11-16)38-28(37)23-25(33-39-26(23)14-5-6-14)22-19(30)3-2-4-20(22)31/h2-4,9-10,14,16-18H,5-8,11-12H2,1H3,(H,35,36). The lowest BCUT2D eigenvalue weighted by Gasteiger charge is -2.38. The van der Waals surface area contributed by atoms with E-state index in [4.69, 9.17) is 37.4 Å². The van der Waals surface area contributed by atoms with Gasteiger partial charge < -0.3 is 19.3 Å². The van der Waals surface area contributed by atoms with Crippen molar-refractivity contribution < 1.29 is 24.0 Å². The number of piperidine rings is 1. The molecule has 2 aromatic carbocycles. The molecule has 0 radical (unpaired) electrons. The van der Waals surface area contributed by atoms with Crippen molar-refractivity contribution in [2.24, 2.45) is 0 Å². The van der Waals surface area contributed by atoms with Crippen LogP contribution in [0.15, 0.2) is 34.9 Å². The maximum Gasteiger partial charge on any atom is 0.344 e. The highest BCUT2D eigenvalue weighted by atomic mass is 35.5. The van der Waals surface area contributed by atoms with Crippen molar-refractivity contribution in [1.29, 1.82) is 0 Å². The topological polar surface area (TPSA) is 106 Å². The van der Waals surface area contributed by atoms with Gasteiger partial charge in [0.05, 0.1) is 25.8 Å². The third kappa shape index (κ3) is 4.35. The summed E-state index contributed by atoms with van der Waals surface area (Å²) in [6, 6.07) is 8.89. The van der Waals surface area contributed by atoms with Crippen LogP contribution in [0.4, 0.5) is 5.13 Å². The summed E-state index contributed by atoms with van der Waals surface area (Å²) in [5.74, 6) is -0.710. The van der Waals surface area contributed by atoms with Gasteiger partial charge in [-0.15, -0.1) is 0 Å². The van der Waals surface area contributed by atoms with Crippen LogP contribution in [-0.2, 0) is 4.74 Å². The first-order chi connectivity index (χ1) is 19.3. The second-order valence-corrected chi connectivity index (χ2v) is 12.7. The molecule has 3 fully saturated rings. The van der Waals surface area contributed by atoms with Crippen molar-refractivity contribution in [2.75, 3.05) is 4.90 Å². The van der Waals surface area contributed by atoms with Gasteiger partial charge in [0.2, 0.25) is 0 Å². The molecule has 0 spiro atoms. The molecule has 1 saturated carbocycles. The molecule has 2 saturated heterocycles. The number of rotatable bonds is 6. The lowest BCUT2D eigenvalue weighted by Crippen LogP contribution is -2.46. The highest BCUT2D eigenvalue weighted by Gasteiger charge is 2.45. The normalized spacial score (nSPS) is 22.2. The van der Waals surface area contributed by atoms with E-state index >= 15 is 0 Å². The second kappa shape index (κ2) is 9.75. The maximum atomic E-state index is 13.7. The van der Waals surface area contributed by atoms with Crippen LogP contribution < -0.4 is 4.90 Å². The van der Waals surface area contributed by atoms with E-state index in [-0.39, 0.29) is 29.7 Å². The number of carbonyl (C=O) groups is 2. The average molecular weight is 599 g/mol. The molecular formula is C29H25Cl2N3O5S. The van der Waals surface area contributed by atoms with Crippen molar-refractivity contribution in [3.05, 3.63) is 62.8 Å². The second-order valence-electron chi connectivity index (χ2n) is 10.9. The van der Waals surface area contributed by atoms with E-state index < -0.39 is 11.9 Å². The quantitative estimate of drug-likeness (QED) is 0.228. The molecule has 2 bridgehead atoms. The van der Waals surface area contributed by atoms with Crippen LogP contribution in [0.5, 0.6) is 0 Å². The highest BCUT2D eigenvalue weighted by Crippen LogP contribution is 2.47. The van der Waals surface area contributed by atoms with Gasteiger partial charge in [-0.3, -0.25) is 0 Å². The Labute approximate surface area is 243 Å². The first kappa shape index (κ1) is 25.8. The fourth-order valence-corrected chi connectivity index (χ4v) is 7.99. The summed E-state index contributed by atoms with van der Waals surface area (Å²) in [5, 5.41) is 15.4. The fourth-order valence-electron chi connectivity index (χ4n) is 6.18. The number of benzene rings is 2. The summed E-state index contributed by atoms with van der Waals surface area (Å²) >= 11 is 14.4. The number of carboxylic acids is 1. The number of hydrogen-bond acceptors (Lipinski definition) is 8. The van der Waals surface area contributed by atoms with Crippen LogP contribution >= 0.6 is 34.5 Å². The molecule has 2 aromatic heterocycles. The van der Waals surface area contributed by atoms with Gasteiger partial charge in [-0.1, -0.05) is 45.8 Å². The van der Waals surface area contributed by atoms with Crippen molar-refractivity contribution in [1.82, 2.24) is 10.1 Å². The number of hydrogen-bond donors (Lipinski definition) is 1. The summed E-state index contributed by atoms with van der Waals surface area (Å²) in [5.41, 5.74) is 3.08. The molecule has 4 heterocycles. The number of carbonyl (C=O) groups excluding carboxylic acids is 1. The van der Waals surface area contributed by atoms with E-state index in [2.05, 4.69) is 10.1 Å². The predicted octanol–water partition coefficient (Wildman–Crippen LogP) is 7.50. The van der Waals surface area contributed by atoms with Gasteiger partial charge in [0, 0.05) is 36.4 Å². The molecule has 7 rings (SSSR count). The van der Waals surface area contributed by atoms with E-state index in [9.17, 15) is 14.7 Å². The molecule has 1 N–H and O–H groups in total. The summed E-state index contributed by atoms with van der Waals surface area (Å²) in [7, 11) is 0. The van der Waals surface area contributed by atoms with Crippen LogP contribution in [-0.4, -0.2) is 45.4 Å². The third-order valence-electron chi connectivity index (χ3n) is 8.18. The van der Waals surface area contributed by atoms with Crippen molar-refractivity contribution >= 4 is 61.8 Å². The molecule has 2 atom stereocenters. The number of esters is 1. The van der Waals surface area contributed by atoms with Gasteiger partial charge in [0.1, 0.15) is 17.4 Å². The number of thiazole rings is 1. The minimum absolute atomic E-state index is 0.146. The average Bonchev–Trinajstić information content (AvgIpc) is 3.41. The van der Waals surface area contributed by atoms with Gasteiger partial charge in [-0.25, -0.2) is 14.6 Å². The number of nitrogens with zero attached hydrogens (tertiary/aromatic N) is 3. The molecular weight excluding hydrogens is 573 g/mol. The molecule has 2 aliphatic heterocycles. The fraction of sp³-hybridized carbons (Fsp3) is 0.379. The minimum Gasteiger partial charge on any atom is -0.478 e. The molecule has 206 valence electrons. The monoisotopic (exact) mass is 597 g/mol. The zero-order valence-electron chi connectivity index (χ0n) is 21.5. The number of halogens is 2. The highest BCUT2D eigenvalue weighted by molar-refractivity contribution is 7.22. The van der Waals surface area contributed by atoms with Gasteiger partial charge in [-0.2, -0.15) is 0 Å². The third-order valence-corrected chi connectivity index (χ3v) is 9.82. The lowest BCUT2D eigenvalue weighted by atomic mass is 9.99. The Kier molecular flexibility index (Phi) is 6.29. The summed E-state index contributed by atoms with van der Waals surface area (Å²) < 4.78 is 12.7. The van der Waals surface area contributed by atoms with Gasteiger partial charge in [0.15, 0.2) is 10.9 Å². The number of ether oxygens (including phenoxy) is 1. The van der Waals surface area contributed by atoms with Crippen LogP contribution in [0, 0.1) is 6.92 Å². The van der Waals surface area contributed by atoms with Gasteiger partial charge in [0.25, 0.3) is 0 Å². The number of aromatic carboxylic acids is 1. The maximum absolute atomic E-state index is 13.7. The molecule has 4 aromatic rings. The molecule has 40 heavy (non-hydrogen) atoms. The van der Waals surface area contributed by atoms with Crippen molar-refractivity contribution in [2.45, 2.75) is 69.6 Å². The first-order valence-corrected chi connectivity index (χ1v) is 14.9. The van der Waals surface area contributed by atoms with E-state index in [1.165, 1.54) is 11.3 Å². The number of aromatic nitrogens is 2. The van der Waals surface area contributed by atoms with Gasteiger partial charge >= 0.3 is 11.9 Å². The summed E-state index contributed by atoms with van der Waals surface area (Å²) in [6.07, 6.45) is 4.94. The van der Waals surface area contributed by atoms with Crippen molar-refractivity contribution in [3.63, 3.8) is 0 Å². The zero-order valence-corrected chi connectivity index (χ0v) is 23.9. The number of anilines is 1. The van der Waals surface area contributed by atoms with Crippen LogP contribution in [0.3, 0.4) is 0 Å². The van der Waals surface area contributed by atoms with E-state index in [0.717, 1.165) is 46.6 Å². The number of carboxylic acid groups (broad SMARTS) is 1. The Bertz CT molecular complexity index is 1650. The van der Waals surface area contributed by atoms with Gasteiger partial charge in [-0.05, 0) is 62.4 Å². The Hall–Kier alpha value is -3.14. The van der Waals surface area contributed by atoms with Crippen molar-refractivity contribution in [3.8, 4) is 11.3 Å². The Balaban J connectivity index is 1.14. The number of fused-ring (bicyclic) bond motifs is 3. The van der Waals surface area contributed by atoms with Crippen LogP contribution in [0.2, 0.25) is 10.0 Å². The largest absolute Gasteiger partial charge is 0.478 e. The Morgan fingerprint density at radius 2 is 1.80 bits per heavy atom. The minimum atomic E-state index is -0.944. The van der Waals surface area contributed by atoms with E-state index in [0.29, 0.717) is 45.5 Å². The molecule has 2 unspecified atom stereocenters. The molecule has 0 amide bonds. The number of aryl methyl sites for hydroxylation is 1. The molecule has 1 aliphatic carbocycles. The predicted molar refractivity (Wildman–Crippen MR) is 153 cm³/mol. The zero-order chi connectivity index (χ0) is 27.7. The summed E-state index contributed by atoms with van der Waals surface area (Å²) in [4.78, 5) is 32.5. The van der Waals surface area contributed by atoms with E-state index in [1.54, 1.807) is 30.3 Å². The molecule has 3 aliphatic rings. The SMILES string of the molecule is Cc1cc(C(=O)O)cc2sc(N3C4CCC3CC(OC(=O)c3c(-c5c(Cl)cccc5Cl)noc3C3CC3)C4)nc12. The van der Waals surface area contributed by atoms with E-state index in [1.807, 2.05) is 6.92 Å². The molecule has 8 nitrogen and oxygen atoms in total. The lowest BCUT2D eigenvalue weighted by molar-refractivity contribution is 0.0202. The smallest absolute Gasteiger partial charge is 0.344 e. The van der Waals surface area contributed by atoms with Crippen LogP contribution in [0.25, 0.3) is 21.5 Å². The van der Waals surface area contributed by atoms with Crippen LogP contribution in [0.1, 0.15) is 76.5 Å². The Morgan fingerprint density at radius 1 is 1.10 bits per heavy atom. The Morgan fingerprint density at radius 3 is 2.45 bits per heavy atom. The molecule has 11 heteroatoms.